The molecule has 10 aromatic carbocycles. The fraction of sp³-hybridized carbons (Fsp3) is 0.348. The lowest BCUT2D eigenvalue weighted by atomic mass is 9.82. The van der Waals surface area contributed by atoms with Crippen LogP contribution in [0.1, 0.15) is 236 Å². The van der Waals surface area contributed by atoms with E-state index in [2.05, 4.69) is 316 Å². The van der Waals surface area contributed by atoms with E-state index >= 15 is 0 Å². The number of hydrogen-bond donors (Lipinski definition) is 0. The van der Waals surface area contributed by atoms with Gasteiger partial charge in [-0.05, 0) is 292 Å². The average Bonchev–Trinajstić information content (AvgIpc) is 0.766. The van der Waals surface area contributed by atoms with Gasteiger partial charge in [0, 0.05) is 104 Å². The minimum absolute atomic E-state index is 0.0373. The van der Waals surface area contributed by atoms with Gasteiger partial charge in [-0.3, -0.25) is 0 Å². The summed E-state index contributed by atoms with van der Waals surface area (Å²) >= 11 is 0. The van der Waals surface area contributed by atoms with E-state index in [-0.39, 0.29) is 23.3 Å². The van der Waals surface area contributed by atoms with Crippen LogP contribution >= 0.6 is 0 Å². The maximum Gasteiger partial charge on any atom is 0.220 e. The van der Waals surface area contributed by atoms with Crippen molar-refractivity contribution in [3.05, 3.63) is 325 Å². The van der Waals surface area contributed by atoms with Gasteiger partial charge in [0.2, 0.25) is 50.5 Å². The van der Waals surface area contributed by atoms with Crippen molar-refractivity contribution in [2.24, 2.45) is 35.2 Å². The number of aromatic nitrogens is 5. The molecule has 0 radical (unpaired) electrons. The number of pyridine rings is 5. The molecule has 0 N–H and O–H groups in total. The molecule has 0 spiro atoms. The molecule has 9 heteroatoms. The highest BCUT2D eigenvalue weighted by Crippen LogP contribution is 2.43. The zero-order chi connectivity index (χ0) is 87.3. The highest BCUT2D eigenvalue weighted by molar-refractivity contribution is 5.94. The first-order chi connectivity index (χ1) is 59.8. The molecule has 124 heavy (non-hydrogen) atoms. The molecule has 0 bridgehead atoms. The minimum Gasteiger partial charge on any atom is -0.207 e. The van der Waals surface area contributed by atoms with E-state index in [9.17, 15) is 17.6 Å². The van der Waals surface area contributed by atoms with Gasteiger partial charge in [0.15, 0.2) is 6.20 Å². The fourth-order valence-electron chi connectivity index (χ4n) is 21.1. The maximum absolute atomic E-state index is 14.8. The molecule has 0 saturated heterocycles. The summed E-state index contributed by atoms with van der Waals surface area (Å²) in [4.78, 5) is 0. The Hall–Kier alpha value is -11.0. The van der Waals surface area contributed by atoms with E-state index < -0.39 is 0 Å². The second-order valence-electron chi connectivity index (χ2n) is 36.9. The average molecular weight is 1660 g/mol. The van der Waals surface area contributed by atoms with Crippen molar-refractivity contribution in [2.45, 2.75) is 228 Å². The van der Waals surface area contributed by atoms with Crippen LogP contribution in [0, 0.1) is 99.4 Å². The SMILES string of the molecule is Cc1cc(C)c(C)c(-c2ccc3c(C4CCCCC4)c(F)ccc3[n+]2C)c1.Cc1cc(C)c(C)c(-c2ccc3cc(F)c(C4CCCCC4)cc3[n+]2C)c1.Cc1ccc(C)c(-c2ccc3c(C4CCCCC4)c(F)ccc3[n+]2C)c1.Cc1ccc(C)c(-c2ccc3cc(F)c(C4CCCCC4)cc3[n+]2C)c1.Cc1ccccc1-c1c2ccccc2cc[n+]1C. The van der Waals surface area contributed by atoms with Crippen molar-refractivity contribution in [3.63, 3.8) is 0 Å². The molecule has 4 aliphatic carbocycles. The molecule has 4 saturated carbocycles. The normalized spacial score (nSPS) is 14.8. The van der Waals surface area contributed by atoms with Crippen molar-refractivity contribution < 1.29 is 40.4 Å². The third kappa shape index (κ3) is 18.7. The Bertz CT molecular complexity index is 6350. The second-order valence-corrected chi connectivity index (χ2v) is 36.9. The standard InChI is InChI=1S/2C25H29FN.2C24H27FN.C17H16N/c1-16-14-17(2)18(3)21(15-16)24-12-10-20-23(27(24)4)13-11-22(26)25(20)19-8-6-5-7-9-19;1-16-12-17(2)18(3)21(13-16)24-11-10-20-14-23(26)22(15-25(20)27(24)4)19-8-6-5-7-9-19;1-16-9-10-17(2)20(15-16)23-13-11-19-22(26(23)3)14-12-21(25)24(19)18-7-5-4-6-8-18;1-16-9-10-17(2)20(13-16)23-12-11-19-14-22(25)21(15-24(19)26(23)3)18-7-5-4-6-8-18;1-13-7-3-5-9-15(13)17-16-10-6-4-8-14(16)11-12-18(17)2/h2*10-15,19H,5-9H2,1-4H3;2*9-15,18H,4-8H2,1-3H3;3-12H,1-2H3/q5*+1. The number of hydrogen-bond acceptors (Lipinski definition) is 0. The van der Waals surface area contributed by atoms with Gasteiger partial charge in [0.25, 0.3) is 0 Å². The number of benzene rings is 10. The van der Waals surface area contributed by atoms with Gasteiger partial charge < -0.3 is 0 Å². The number of rotatable bonds is 9. The van der Waals surface area contributed by atoms with Crippen molar-refractivity contribution in [3.8, 4) is 56.3 Å². The summed E-state index contributed by atoms with van der Waals surface area (Å²) in [6.45, 7) is 23.7. The monoisotopic (exact) mass is 1660 g/mol. The zero-order valence-corrected chi connectivity index (χ0v) is 76.5. The summed E-state index contributed by atoms with van der Waals surface area (Å²) in [6.07, 6.45) is 25.9. The minimum atomic E-state index is -0.0381. The van der Waals surface area contributed by atoms with Crippen LogP contribution in [0.15, 0.2) is 219 Å². The largest absolute Gasteiger partial charge is 0.220 e. The molecular weight excluding hydrogens is 1530 g/mol. The second kappa shape index (κ2) is 38.6. The highest BCUT2D eigenvalue weighted by Gasteiger charge is 2.31. The van der Waals surface area contributed by atoms with Gasteiger partial charge in [-0.15, -0.1) is 0 Å². The van der Waals surface area contributed by atoms with E-state index in [4.69, 9.17) is 0 Å². The Morgan fingerprint density at radius 3 is 1.04 bits per heavy atom. The summed E-state index contributed by atoms with van der Waals surface area (Å²) in [7, 11) is 10.5. The lowest BCUT2D eigenvalue weighted by Gasteiger charge is -2.23. The molecule has 15 aromatic rings. The van der Waals surface area contributed by atoms with Gasteiger partial charge in [-0.25, -0.2) is 22.1 Å². The number of halogens is 4. The van der Waals surface area contributed by atoms with E-state index in [1.165, 1.54) is 205 Å². The van der Waals surface area contributed by atoms with Gasteiger partial charge in [-0.2, -0.15) is 18.3 Å². The first kappa shape index (κ1) is 87.9. The van der Waals surface area contributed by atoms with E-state index in [1.54, 1.807) is 24.3 Å². The van der Waals surface area contributed by atoms with Crippen molar-refractivity contribution in [1.82, 2.24) is 0 Å². The first-order valence-electron chi connectivity index (χ1n) is 46.0. The lowest BCUT2D eigenvalue weighted by molar-refractivity contribution is -0.659. The van der Waals surface area contributed by atoms with Crippen LogP contribution in [0.2, 0.25) is 0 Å². The molecule has 4 aliphatic rings. The third-order valence-electron chi connectivity index (χ3n) is 28.3. The number of aryl methyl sites for hydroxylation is 14. The predicted octanol–water partition coefficient (Wildman–Crippen LogP) is 28.8. The van der Waals surface area contributed by atoms with Crippen LogP contribution in [0.5, 0.6) is 0 Å². The lowest BCUT2D eigenvalue weighted by Crippen LogP contribution is -2.32. The van der Waals surface area contributed by atoms with Crippen LogP contribution in [0.3, 0.4) is 0 Å². The maximum atomic E-state index is 14.8. The van der Waals surface area contributed by atoms with Crippen LogP contribution in [0.25, 0.3) is 111 Å². The molecule has 636 valence electrons. The van der Waals surface area contributed by atoms with E-state index in [0.29, 0.717) is 23.7 Å². The van der Waals surface area contributed by atoms with Crippen molar-refractivity contribution in [1.29, 1.82) is 0 Å². The van der Waals surface area contributed by atoms with Crippen molar-refractivity contribution >= 4 is 54.4 Å². The van der Waals surface area contributed by atoms with Crippen LogP contribution in [0.4, 0.5) is 17.6 Å². The summed E-state index contributed by atoms with van der Waals surface area (Å²) in [5.74, 6) is 1.31. The van der Waals surface area contributed by atoms with Gasteiger partial charge >= 0.3 is 0 Å². The quantitative estimate of drug-likeness (QED) is 0.101. The first-order valence-corrected chi connectivity index (χ1v) is 46.0. The van der Waals surface area contributed by atoms with Gasteiger partial charge in [-0.1, -0.05) is 172 Å². The summed E-state index contributed by atoms with van der Waals surface area (Å²) in [6, 6.07) is 73.2. The van der Waals surface area contributed by atoms with E-state index in [1.807, 2.05) is 12.1 Å². The zero-order valence-electron chi connectivity index (χ0n) is 76.5. The molecule has 0 aliphatic heterocycles. The Labute approximate surface area is 735 Å². The number of fused-ring (bicyclic) bond motifs is 5. The molecule has 0 unspecified atom stereocenters. The van der Waals surface area contributed by atoms with E-state index in [0.717, 1.165) is 117 Å². The molecule has 19 rings (SSSR count). The molecule has 5 nitrogen and oxygen atoms in total. The summed E-state index contributed by atoms with van der Waals surface area (Å²) < 4.78 is 70.3. The predicted molar refractivity (Wildman–Crippen MR) is 508 cm³/mol. The van der Waals surface area contributed by atoms with Crippen LogP contribution in [-0.4, -0.2) is 0 Å². The molecule has 4 fully saturated rings. The Balaban J connectivity index is 0.000000121. The van der Waals surface area contributed by atoms with Gasteiger partial charge in [0.05, 0.1) is 16.2 Å². The molecule has 5 aromatic heterocycles. The van der Waals surface area contributed by atoms with Gasteiger partial charge in [0.1, 0.15) is 58.5 Å². The highest BCUT2D eigenvalue weighted by atomic mass is 19.1. The van der Waals surface area contributed by atoms with Crippen molar-refractivity contribution in [2.75, 3.05) is 0 Å². The summed E-state index contributed by atoms with van der Waals surface area (Å²) in [5, 5.41) is 6.69. The van der Waals surface area contributed by atoms with Crippen LogP contribution < -0.4 is 22.8 Å². The Morgan fingerprint density at radius 2 is 0.613 bits per heavy atom. The summed E-state index contributed by atoms with van der Waals surface area (Å²) in [5.41, 5.74) is 34.7. The Morgan fingerprint density at radius 1 is 0.250 bits per heavy atom. The molecule has 0 atom stereocenters. The molecule has 0 amide bonds. The van der Waals surface area contributed by atoms with Crippen LogP contribution in [-0.2, 0) is 35.2 Å². The fourth-order valence-corrected chi connectivity index (χ4v) is 21.1. The molecule has 5 heterocycles. The number of nitrogens with zero attached hydrogens (tertiary/aromatic N) is 5. The molecular formula is C115H128F4N5+5. The topological polar surface area (TPSA) is 19.4 Å². The Kier molecular flexibility index (Phi) is 27.4. The smallest absolute Gasteiger partial charge is 0.207 e. The third-order valence-corrected chi connectivity index (χ3v) is 28.3.